The fourth-order valence-corrected chi connectivity index (χ4v) is 4.70. The highest BCUT2D eigenvalue weighted by molar-refractivity contribution is 8.01. The van der Waals surface area contributed by atoms with Gasteiger partial charge in [0.1, 0.15) is 6.04 Å². The van der Waals surface area contributed by atoms with Gasteiger partial charge >= 0.3 is 5.97 Å². The average Bonchev–Trinajstić information content (AvgIpc) is 3.08. The Bertz CT molecular complexity index is 708. The molecule has 2 atom stereocenters. The third-order valence-corrected chi connectivity index (χ3v) is 6.30. The summed E-state index contributed by atoms with van der Waals surface area (Å²) in [7, 11) is 0. The second-order valence-electron chi connectivity index (χ2n) is 6.58. The number of ether oxygens (including phenoxy) is 1. The molecule has 0 aromatic heterocycles. The molecule has 0 aliphatic carbocycles. The quantitative estimate of drug-likeness (QED) is 0.806. The molecule has 2 aliphatic rings. The minimum atomic E-state index is -0.589. The van der Waals surface area contributed by atoms with E-state index in [0.717, 1.165) is 17.5 Å². The molecule has 0 saturated carbocycles. The molecule has 1 aromatic rings. The van der Waals surface area contributed by atoms with E-state index in [1.54, 1.807) is 16.7 Å². The van der Waals surface area contributed by atoms with Gasteiger partial charge in [0.25, 0.3) is 5.91 Å². The highest BCUT2D eigenvalue weighted by Crippen LogP contribution is 2.47. The van der Waals surface area contributed by atoms with Crippen LogP contribution in [-0.2, 0) is 25.7 Å². The van der Waals surface area contributed by atoms with Crippen LogP contribution < -0.4 is 5.32 Å². The molecule has 2 saturated heterocycles. The number of nitrogens with one attached hydrogen (secondary N) is 1. The topological polar surface area (TPSA) is 75.7 Å². The summed E-state index contributed by atoms with van der Waals surface area (Å²) in [6, 6.07) is 7.18. The molecule has 0 spiro atoms. The van der Waals surface area contributed by atoms with Gasteiger partial charge in [-0.3, -0.25) is 9.59 Å². The summed E-state index contributed by atoms with van der Waals surface area (Å²) in [6.07, 6.45) is 1.21. The smallest absolute Gasteiger partial charge is 0.330 e. The third-order valence-electron chi connectivity index (χ3n) is 4.80. The van der Waals surface area contributed by atoms with Crippen LogP contribution in [0.25, 0.3) is 0 Å². The maximum Gasteiger partial charge on any atom is 0.330 e. The zero-order valence-corrected chi connectivity index (χ0v) is 15.2. The molecule has 134 valence electrons. The fourth-order valence-electron chi connectivity index (χ4n) is 3.28. The van der Waals surface area contributed by atoms with Crippen molar-refractivity contribution in [2.45, 2.75) is 44.1 Å². The summed E-state index contributed by atoms with van der Waals surface area (Å²) in [5.74, 6) is -0.347. The molecular weight excluding hydrogens is 340 g/mol. The number of thioether (sulfide) groups is 1. The Morgan fingerprint density at radius 2 is 2.16 bits per heavy atom. The first-order valence-electron chi connectivity index (χ1n) is 8.35. The lowest BCUT2D eigenvalue weighted by Crippen LogP contribution is -2.47. The normalized spacial score (nSPS) is 25.0. The maximum atomic E-state index is 12.3. The number of hydrogen-bond acceptors (Lipinski definition) is 5. The third kappa shape index (κ3) is 3.66. The number of carbonyl (C=O) groups is 3. The summed E-state index contributed by atoms with van der Waals surface area (Å²) in [5.41, 5.74) is 2.11. The number of benzene rings is 1. The van der Waals surface area contributed by atoms with Crippen LogP contribution in [0.3, 0.4) is 0 Å². The van der Waals surface area contributed by atoms with Crippen LogP contribution in [0.1, 0.15) is 30.9 Å². The first-order chi connectivity index (χ1) is 11.9. The van der Waals surface area contributed by atoms with E-state index in [9.17, 15) is 14.4 Å². The van der Waals surface area contributed by atoms with E-state index in [2.05, 4.69) is 5.32 Å². The number of esters is 1. The van der Waals surface area contributed by atoms with Crippen LogP contribution in [0.15, 0.2) is 24.3 Å². The minimum absolute atomic E-state index is 0.0153. The molecule has 1 N–H and O–H groups in total. The molecular formula is C18H22N2O4S. The van der Waals surface area contributed by atoms with Gasteiger partial charge < -0.3 is 15.0 Å². The highest BCUT2D eigenvalue weighted by atomic mass is 32.2. The highest BCUT2D eigenvalue weighted by Gasteiger charge is 2.53. The average molecular weight is 362 g/mol. The van der Waals surface area contributed by atoms with Gasteiger partial charge in [-0.25, -0.2) is 4.79 Å². The van der Waals surface area contributed by atoms with E-state index in [4.69, 9.17) is 4.74 Å². The van der Waals surface area contributed by atoms with E-state index in [1.165, 1.54) is 0 Å². The zero-order chi connectivity index (χ0) is 18.0. The predicted octanol–water partition coefficient (Wildman–Crippen LogP) is 1.61. The minimum Gasteiger partial charge on any atom is -0.454 e. The molecule has 0 bridgehead atoms. The lowest BCUT2D eigenvalue weighted by molar-refractivity contribution is -0.156. The van der Waals surface area contributed by atoms with Gasteiger partial charge in [-0.1, -0.05) is 24.3 Å². The van der Waals surface area contributed by atoms with Crippen LogP contribution in [0.5, 0.6) is 0 Å². The Labute approximate surface area is 151 Å². The second kappa shape index (κ2) is 7.07. The number of fused-ring (bicyclic) bond motifs is 1. The van der Waals surface area contributed by atoms with Crippen molar-refractivity contribution in [1.29, 1.82) is 0 Å². The molecule has 0 radical (unpaired) electrons. The first kappa shape index (κ1) is 17.8. The van der Waals surface area contributed by atoms with E-state index in [-0.39, 0.29) is 23.3 Å². The van der Waals surface area contributed by atoms with E-state index < -0.39 is 12.0 Å². The fraction of sp³-hybridized carbons (Fsp3) is 0.500. The first-order valence-corrected chi connectivity index (χ1v) is 9.33. The van der Waals surface area contributed by atoms with Crippen molar-refractivity contribution in [3.05, 3.63) is 35.4 Å². The van der Waals surface area contributed by atoms with Crippen molar-refractivity contribution in [3.63, 3.8) is 0 Å². The molecule has 2 heterocycles. The second-order valence-corrected chi connectivity index (χ2v) is 8.08. The Hall–Kier alpha value is -2.02. The lowest BCUT2D eigenvalue weighted by Gasteiger charge is -2.29. The van der Waals surface area contributed by atoms with Crippen molar-refractivity contribution in [1.82, 2.24) is 10.2 Å². The van der Waals surface area contributed by atoms with Crippen LogP contribution >= 0.6 is 11.8 Å². The molecule has 6 nitrogen and oxygen atoms in total. The van der Waals surface area contributed by atoms with Gasteiger partial charge in [0.15, 0.2) is 6.61 Å². The summed E-state index contributed by atoms with van der Waals surface area (Å²) in [6.45, 7) is 4.02. The maximum absolute atomic E-state index is 12.3. The molecule has 2 aliphatic heterocycles. The van der Waals surface area contributed by atoms with Crippen molar-refractivity contribution in [2.24, 2.45) is 0 Å². The number of carbonyl (C=O) groups excluding carboxylic acids is 3. The SMILES string of the molecule is Cc1ccccc1CNC(=O)COC(=O)[C@H]1CS[C@]2(C)CCC(=O)N12. The molecule has 3 rings (SSSR count). The summed E-state index contributed by atoms with van der Waals surface area (Å²) >= 11 is 1.60. The van der Waals surface area contributed by atoms with Gasteiger partial charge in [-0.05, 0) is 31.4 Å². The Kier molecular flexibility index (Phi) is 5.03. The number of hydrogen-bond donors (Lipinski definition) is 1. The molecule has 2 fully saturated rings. The van der Waals surface area contributed by atoms with Crippen LogP contribution in [-0.4, -0.2) is 46.0 Å². The van der Waals surface area contributed by atoms with Gasteiger partial charge in [0.2, 0.25) is 5.91 Å². The van der Waals surface area contributed by atoms with E-state index in [1.807, 2.05) is 38.1 Å². The lowest BCUT2D eigenvalue weighted by atomic mass is 10.1. The monoisotopic (exact) mass is 362 g/mol. The summed E-state index contributed by atoms with van der Waals surface area (Å²) in [4.78, 5) is 37.6. The molecule has 7 heteroatoms. The summed E-state index contributed by atoms with van der Waals surface area (Å²) in [5, 5.41) is 2.75. The van der Waals surface area contributed by atoms with Crippen LogP contribution in [0.4, 0.5) is 0 Å². The number of aryl methyl sites for hydroxylation is 1. The molecule has 1 aromatic carbocycles. The zero-order valence-electron chi connectivity index (χ0n) is 14.4. The van der Waals surface area contributed by atoms with E-state index >= 15 is 0 Å². The van der Waals surface area contributed by atoms with Gasteiger partial charge in [-0.15, -0.1) is 11.8 Å². The molecule has 25 heavy (non-hydrogen) atoms. The molecule has 2 amide bonds. The standard InChI is InChI=1S/C18H22N2O4S/c1-12-5-3-4-6-13(12)9-19-15(21)10-24-17(23)14-11-25-18(2)8-7-16(22)20(14)18/h3-6,14H,7-11H2,1-2H3,(H,19,21)/t14-,18-/m1/s1. The van der Waals surface area contributed by atoms with Crippen LogP contribution in [0, 0.1) is 6.92 Å². The van der Waals surface area contributed by atoms with Crippen molar-refractivity contribution in [3.8, 4) is 0 Å². The largest absolute Gasteiger partial charge is 0.454 e. The Morgan fingerprint density at radius 3 is 2.92 bits per heavy atom. The number of rotatable bonds is 5. The van der Waals surface area contributed by atoms with Gasteiger partial charge in [0, 0.05) is 18.7 Å². The molecule has 0 unspecified atom stereocenters. The van der Waals surface area contributed by atoms with Gasteiger partial charge in [-0.2, -0.15) is 0 Å². The van der Waals surface area contributed by atoms with E-state index in [0.29, 0.717) is 18.7 Å². The number of nitrogens with zero attached hydrogens (tertiary/aromatic N) is 1. The van der Waals surface area contributed by atoms with Crippen molar-refractivity contribution in [2.75, 3.05) is 12.4 Å². The Balaban J connectivity index is 1.48. The predicted molar refractivity (Wildman–Crippen MR) is 94.7 cm³/mol. The van der Waals surface area contributed by atoms with Crippen LogP contribution in [0.2, 0.25) is 0 Å². The number of amides is 2. The Morgan fingerprint density at radius 1 is 1.40 bits per heavy atom. The van der Waals surface area contributed by atoms with Gasteiger partial charge in [0.05, 0.1) is 4.87 Å². The summed E-state index contributed by atoms with van der Waals surface area (Å²) < 4.78 is 5.15. The van der Waals surface area contributed by atoms with Crippen molar-refractivity contribution < 1.29 is 19.1 Å². The van der Waals surface area contributed by atoms with Crippen molar-refractivity contribution >= 4 is 29.5 Å².